The van der Waals surface area contributed by atoms with Crippen LogP contribution in [0.25, 0.3) is 0 Å². The van der Waals surface area contributed by atoms with Gasteiger partial charge in [-0.15, -0.1) is 11.3 Å². The van der Waals surface area contributed by atoms with Crippen LogP contribution in [-0.2, 0) is 11.3 Å². The van der Waals surface area contributed by atoms with Gasteiger partial charge in [0.1, 0.15) is 5.75 Å². The number of benzene rings is 1. The van der Waals surface area contributed by atoms with Crippen LogP contribution in [0.5, 0.6) is 5.75 Å². The molecule has 0 bridgehead atoms. The van der Waals surface area contributed by atoms with Crippen molar-refractivity contribution in [1.29, 1.82) is 0 Å². The van der Waals surface area contributed by atoms with Gasteiger partial charge in [-0.05, 0) is 48.6 Å². The second kappa shape index (κ2) is 6.57. The number of thiophene rings is 1. The van der Waals surface area contributed by atoms with E-state index in [-0.39, 0.29) is 12.5 Å². The van der Waals surface area contributed by atoms with Gasteiger partial charge >= 0.3 is 0 Å². The van der Waals surface area contributed by atoms with Crippen LogP contribution in [0.4, 0.5) is 0 Å². The zero-order valence-corrected chi connectivity index (χ0v) is 12.9. The lowest BCUT2D eigenvalue weighted by molar-refractivity contribution is -0.132. The van der Waals surface area contributed by atoms with Crippen LogP contribution in [-0.4, -0.2) is 24.5 Å². The first-order valence-electron chi connectivity index (χ1n) is 6.52. The minimum Gasteiger partial charge on any atom is -0.484 e. The number of nitrogens with zero attached hydrogens (tertiary/aromatic N) is 1. The van der Waals surface area contributed by atoms with E-state index in [4.69, 9.17) is 4.74 Å². The third-order valence-corrected chi connectivity index (χ3v) is 3.82. The normalized spacial score (nSPS) is 10.3. The molecule has 0 spiro atoms. The molecule has 4 heteroatoms. The average molecular weight is 289 g/mol. The van der Waals surface area contributed by atoms with Gasteiger partial charge in [-0.1, -0.05) is 12.1 Å². The highest BCUT2D eigenvalue weighted by Gasteiger charge is 2.10. The fraction of sp³-hybridized carbons (Fsp3) is 0.312. The largest absolute Gasteiger partial charge is 0.484 e. The first-order chi connectivity index (χ1) is 9.54. The molecule has 0 saturated carbocycles. The molecule has 0 radical (unpaired) electrons. The molecule has 2 aromatic rings. The lowest BCUT2D eigenvalue weighted by Gasteiger charge is -2.16. The van der Waals surface area contributed by atoms with Gasteiger partial charge in [-0.3, -0.25) is 4.79 Å². The number of aryl methyl sites for hydroxylation is 2. The van der Waals surface area contributed by atoms with Crippen LogP contribution in [0.1, 0.15) is 16.0 Å². The van der Waals surface area contributed by atoms with Gasteiger partial charge in [-0.2, -0.15) is 0 Å². The fourth-order valence-corrected chi connectivity index (χ4v) is 2.75. The van der Waals surface area contributed by atoms with Crippen molar-refractivity contribution >= 4 is 17.2 Å². The first-order valence-corrected chi connectivity index (χ1v) is 7.40. The Morgan fingerprint density at radius 3 is 2.55 bits per heavy atom. The predicted molar refractivity (Wildman–Crippen MR) is 82.2 cm³/mol. The van der Waals surface area contributed by atoms with Crippen molar-refractivity contribution in [3.8, 4) is 5.75 Å². The number of hydrogen-bond donors (Lipinski definition) is 0. The number of carbonyl (C=O) groups excluding carboxylic acids is 1. The maximum Gasteiger partial charge on any atom is 0.260 e. The van der Waals surface area contributed by atoms with E-state index in [0.717, 1.165) is 16.9 Å². The van der Waals surface area contributed by atoms with Crippen molar-refractivity contribution in [3.63, 3.8) is 0 Å². The molecule has 20 heavy (non-hydrogen) atoms. The Hall–Kier alpha value is -1.81. The van der Waals surface area contributed by atoms with Gasteiger partial charge in [0, 0.05) is 11.9 Å². The van der Waals surface area contributed by atoms with Crippen LogP contribution >= 0.6 is 11.3 Å². The Bertz CT molecular complexity index is 558. The zero-order valence-electron chi connectivity index (χ0n) is 12.1. The minimum absolute atomic E-state index is 0.0161. The molecule has 1 aromatic carbocycles. The second-order valence-electron chi connectivity index (χ2n) is 4.94. The average Bonchev–Trinajstić information content (AvgIpc) is 2.87. The predicted octanol–water partition coefficient (Wildman–Crippen LogP) is 3.40. The van der Waals surface area contributed by atoms with E-state index in [1.165, 1.54) is 4.88 Å². The lowest BCUT2D eigenvalue weighted by Crippen LogP contribution is -2.30. The number of likely N-dealkylation sites (N-methyl/N-ethyl adjacent to an activating group) is 1. The molecular weight excluding hydrogens is 270 g/mol. The molecule has 3 nitrogen and oxygen atoms in total. The summed E-state index contributed by atoms with van der Waals surface area (Å²) in [5, 5.41) is 2.01. The van der Waals surface area contributed by atoms with Crippen molar-refractivity contribution in [3.05, 3.63) is 51.7 Å². The summed E-state index contributed by atoms with van der Waals surface area (Å²) >= 11 is 1.65. The molecule has 0 unspecified atom stereocenters. The van der Waals surface area contributed by atoms with E-state index in [0.29, 0.717) is 6.54 Å². The van der Waals surface area contributed by atoms with E-state index in [2.05, 4.69) is 6.07 Å². The van der Waals surface area contributed by atoms with Crippen LogP contribution in [0.2, 0.25) is 0 Å². The Labute approximate surface area is 123 Å². The maximum atomic E-state index is 12.0. The number of hydrogen-bond acceptors (Lipinski definition) is 3. The summed E-state index contributed by atoms with van der Waals surface area (Å²) in [4.78, 5) is 14.9. The third kappa shape index (κ3) is 4.10. The van der Waals surface area contributed by atoms with Crippen molar-refractivity contribution in [1.82, 2.24) is 4.90 Å². The fourth-order valence-electron chi connectivity index (χ4n) is 2.00. The Morgan fingerprint density at radius 2 is 1.95 bits per heavy atom. The number of rotatable bonds is 5. The Morgan fingerprint density at radius 1 is 1.25 bits per heavy atom. The molecule has 0 N–H and O–H groups in total. The highest BCUT2D eigenvalue weighted by molar-refractivity contribution is 7.09. The molecule has 0 fully saturated rings. The van der Waals surface area contributed by atoms with Crippen LogP contribution in [0.3, 0.4) is 0 Å². The minimum atomic E-state index is -0.0161. The van der Waals surface area contributed by atoms with E-state index in [9.17, 15) is 4.79 Å². The summed E-state index contributed by atoms with van der Waals surface area (Å²) in [7, 11) is 1.80. The van der Waals surface area contributed by atoms with E-state index in [1.807, 2.05) is 43.5 Å². The summed E-state index contributed by atoms with van der Waals surface area (Å²) < 4.78 is 5.58. The number of carbonyl (C=O) groups is 1. The van der Waals surface area contributed by atoms with Gasteiger partial charge in [-0.25, -0.2) is 0 Å². The lowest BCUT2D eigenvalue weighted by atomic mass is 10.1. The standard InChI is InChI=1S/C16H19NO2S/c1-12-7-13(2)9-14(8-12)19-11-16(18)17(3)10-15-5-4-6-20-15/h4-9H,10-11H2,1-3H3. The van der Waals surface area contributed by atoms with Gasteiger partial charge < -0.3 is 9.64 Å². The molecule has 106 valence electrons. The molecule has 0 aliphatic heterocycles. The van der Waals surface area contributed by atoms with Crippen molar-refractivity contribution in [2.24, 2.45) is 0 Å². The molecule has 0 aliphatic carbocycles. The molecule has 2 rings (SSSR count). The summed E-state index contributed by atoms with van der Waals surface area (Å²) in [6.07, 6.45) is 0. The van der Waals surface area contributed by atoms with Crippen LogP contribution in [0.15, 0.2) is 35.7 Å². The Balaban J connectivity index is 1.88. The molecule has 1 heterocycles. The monoisotopic (exact) mass is 289 g/mol. The highest BCUT2D eigenvalue weighted by atomic mass is 32.1. The van der Waals surface area contributed by atoms with Crippen LogP contribution in [0, 0.1) is 13.8 Å². The highest BCUT2D eigenvalue weighted by Crippen LogP contribution is 2.16. The zero-order chi connectivity index (χ0) is 14.5. The van der Waals surface area contributed by atoms with Crippen LogP contribution < -0.4 is 4.74 Å². The Kier molecular flexibility index (Phi) is 4.79. The number of ether oxygens (including phenoxy) is 1. The smallest absolute Gasteiger partial charge is 0.260 e. The van der Waals surface area contributed by atoms with E-state index in [1.54, 1.807) is 23.3 Å². The molecule has 1 aromatic heterocycles. The number of amides is 1. The molecule has 0 aliphatic rings. The second-order valence-corrected chi connectivity index (χ2v) is 5.97. The van der Waals surface area contributed by atoms with E-state index < -0.39 is 0 Å². The molecular formula is C16H19NO2S. The van der Waals surface area contributed by atoms with Crippen molar-refractivity contribution in [2.75, 3.05) is 13.7 Å². The maximum absolute atomic E-state index is 12.0. The van der Waals surface area contributed by atoms with Gasteiger partial charge in [0.15, 0.2) is 6.61 Å². The molecule has 0 saturated heterocycles. The first kappa shape index (κ1) is 14.6. The SMILES string of the molecule is Cc1cc(C)cc(OCC(=O)N(C)Cc2cccs2)c1. The van der Waals surface area contributed by atoms with Gasteiger partial charge in [0.25, 0.3) is 5.91 Å². The van der Waals surface area contributed by atoms with Gasteiger partial charge in [0.2, 0.25) is 0 Å². The summed E-state index contributed by atoms with van der Waals surface area (Å²) in [6, 6.07) is 9.99. The topological polar surface area (TPSA) is 29.5 Å². The van der Waals surface area contributed by atoms with E-state index >= 15 is 0 Å². The van der Waals surface area contributed by atoms with Gasteiger partial charge in [0.05, 0.1) is 6.54 Å². The third-order valence-electron chi connectivity index (χ3n) is 2.96. The molecule has 1 amide bonds. The quantitative estimate of drug-likeness (QED) is 0.844. The van der Waals surface area contributed by atoms with Crippen molar-refractivity contribution < 1.29 is 9.53 Å². The molecule has 0 atom stereocenters. The summed E-state index contributed by atoms with van der Waals surface area (Å²) in [6.45, 7) is 4.74. The summed E-state index contributed by atoms with van der Waals surface area (Å²) in [5.74, 6) is 0.734. The van der Waals surface area contributed by atoms with Crippen molar-refractivity contribution in [2.45, 2.75) is 20.4 Å². The summed E-state index contributed by atoms with van der Waals surface area (Å²) in [5.41, 5.74) is 2.28.